The van der Waals surface area contributed by atoms with Crippen LogP contribution in [0.5, 0.6) is 0 Å². The Labute approximate surface area is 121 Å². The molecule has 0 fully saturated rings. The van der Waals surface area contributed by atoms with Crippen molar-refractivity contribution in [3.05, 3.63) is 41.0 Å². The van der Waals surface area contributed by atoms with E-state index in [4.69, 9.17) is 11.6 Å². The quantitative estimate of drug-likeness (QED) is 0.876. The fourth-order valence-electron chi connectivity index (χ4n) is 1.77. The minimum atomic E-state index is -3.92. The van der Waals surface area contributed by atoms with Crippen LogP contribution in [0.1, 0.15) is 17.3 Å². The lowest BCUT2D eigenvalue weighted by Gasteiger charge is -2.11. The van der Waals surface area contributed by atoms with E-state index in [1.165, 1.54) is 26.2 Å². The molecule has 106 valence electrons. The first-order valence-electron chi connectivity index (χ1n) is 5.63. The van der Waals surface area contributed by atoms with Crippen LogP contribution in [0.15, 0.2) is 35.5 Å². The molecule has 1 aromatic heterocycles. The van der Waals surface area contributed by atoms with Crippen LogP contribution < -0.4 is 4.72 Å². The molecular formula is C12H12ClN3O3S. The van der Waals surface area contributed by atoms with Crippen LogP contribution in [0.2, 0.25) is 5.02 Å². The predicted molar refractivity (Wildman–Crippen MR) is 75.5 cm³/mol. The molecule has 0 aliphatic carbocycles. The highest BCUT2D eigenvalue weighted by Gasteiger charge is 2.24. The van der Waals surface area contributed by atoms with Gasteiger partial charge in [-0.25, -0.2) is 0 Å². The molecular weight excluding hydrogens is 302 g/mol. The number of sulfonamides is 1. The second-order valence-corrected chi connectivity index (χ2v) is 6.13. The Morgan fingerprint density at radius 3 is 2.55 bits per heavy atom. The summed E-state index contributed by atoms with van der Waals surface area (Å²) in [5, 5.41) is 3.64. The molecule has 0 unspecified atom stereocenters. The summed E-state index contributed by atoms with van der Waals surface area (Å²) >= 11 is 5.83. The van der Waals surface area contributed by atoms with Crippen LogP contribution >= 0.6 is 11.6 Å². The summed E-state index contributed by atoms with van der Waals surface area (Å²) in [5.74, 6) is -0.237. The number of aromatic nitrogens is 2. The molecule has 2 rings (SSSR count). The first-order chi connectivity index (χ1) is 9.33. The van der Waals surface area contributed by atoms with Gasteiger partial charge >= 0.3 is 0 Å². The van der Waals surface area contributed by atoms with Crippen molar-refractivity contribution in [1.29, 1.82) is 0 Å². The fraction of sp³-hybridized carbons (Fsp3) is 0.167. The second-order valence-electron chi connectivity index (χ2n) is 4.13. The average Bonchev–Trinajstić information content (AvgIpc) is 2.69. The molecule has 6 nitrogen and oxygen atoms in total. The molecule has 0 saturated carbocycles. The van der Waals surface area contributed by atoms with Crippen molar-refractivity contribution in [1.82, 2.24) is 9.78 Å². The third kappa shape index (κ3) is 2.68. The van der Waals surface area contributed by atoms with Crippen molar-refractivity contribution in [2.75, 3.05) is 4.72 Å². The van der Waals surface area contributed by atoms with E-state index >= 15 is 0 Å². The van der Waals surface area contributed by atoms with Crippen LogP contribution in [0.4, 0.5) is 5.69 Å². The molecule has 20 heavy (non-hydrogen) atoms. The number of ketones is 1. The van der Waals surface area contributed by atoms with Gasteiger partial charge in [0.15, 0.2) is 10.8 Å². The normalized spacial score (nSPS) is 11.3. The van der Waals surface area contributed by atoms with Crippen molar-refractivity contribution in [3.63, 3.8) is 0 Å². The van der Waals surface area contributed by atoms with E-state index < -0.39 is 10.0 Å². The number of carbonyl (C=O) groups excluding carboxylic acids is 1. The lowest BCUT2D eigenvalue weighted by atomic mass is 10.1. The minimum Gasteiger partial charge on any atom is -0.294 e. The monoisotopic (exact) mass is 313 g/mol. The summed E-state index contributed by atoms with van der Waals surface area (Å²) in [7, 11) is -2.45. The molecule has 0 aliphatic rings. The smallest absolute Gasteiger partial charge is 0.280 e. The van der Waals surface area contributed by atoms with Gasteiger partial charge in [-0.05, 0) is 19.1 Å². The van der Waals surface area contributed by atoms with Gasteiger partial charge in [0.1, 0.15) is 0 Å². The Balaban J connectivity index is 2.47. The number of nitrogens with zero attached hydrogens (tertiary/aromatic N) is 2. The predicted octanol–water partition coefficient (Wildman–Crippen LogP) is 2.08. The third-order valence-corrected chi connectivity index (χ3v) is 4.52. The molecule has 0 aliphatic heterocycles. The molecule has 1 heterocycles. The van der Waals surface area contributed by atoms with Crippen LogP contribution in [-0.4, -0.2) is 24.0 Å². The Morgan fingerprint density at radius 2 is 2.00 bits per heavy atom. The maximum Gasteiger partial charge on any atom is 0.280 e. The number of para-hydroxylation sites is 1. The molecule has 0 atom stereocenters. The average molecular weight is 314 g/mol. The first kappa shape index (κ1) is 14.5. The standard InChI is InChI=1S/C12H12ClN3O3S/c1-8(17)9-5-3-4-6-11(9)15-20(18,19)12-10(13)7-14-16(12)2/h3-7,15H,1-2H3. The Kier molecular flexibility index (Phi) is 3.82. The Bertz CT molecular complexity index is 749. The third-order valence-electron chi connectivity index (χ3n) is 2.65. The number of hydrogen-bond acceptors (Lipinski definition) is 4. The van der Waals surface area contributed by atoms with E-state index in [9.17, 15) is 13.2 Å². The highest BCUT2D eigenvalue weighted by Crippen LogP contribution is 2.24. The molecule has 8 heteroatoms. The number of nitrogens with one attached hydrogen (secondary N) is 1. The Hall–Kier alpha value is -1.86. The maximum absolute atomic E-state index is 12.3. The topological polar surface area (TPSA) is 81.1 Å². The van der Waals surface area contributed by atoms with E-state index in [0.717, 1.165) is 4.68 Å². The number of Topliss-reactive ketones (excluding diaryl/α,β-unsaturated/α-hetero) is 1. The number of hydrogen-bond donors (Lipinski definition) is 1. The van der Waals surface area contributed by atoms with Crippen molar-refractivity contribution in [2.24, 2.45) is 7.05 Å². The maximum atomic E-state index is 12.3. The van der Waals surface area contributed by atoms with Gasteiger partial charge in [0.2, 0.25) is 0 Å². The summed E-state index contributed by atoms with van der Waals surface area (Å²) < 4.78 is 28.1. The van der Waals surface area contributed by atoms with Crippen molar-refractivity contribution in [2.45, 2.75) is 11.9 Å². The molecule has 0 amide bonds. The van der Waals surface area contributed by atoms with Crippen molar-refractivity contribution in [3.8, 4) is 0 Å². The zero-order valence-electron chi connectivity index (χ0n) is 10.8. The van der Waals surface area contributed by atoms with Gasteiger partial charge in [-0.2, -0.15) is 13.5 Å². The molecule has 1 N–H and O–H groups in total. The highest BCUT2D eigenvalue weighted by molar-refractivity contribution is 7.92. The van der Waals surface area contributed by atoms with Gasteiger partial charge in [-0.1, -0.05) is 23.7 Å². The highest BCUT2D eigenvalue weighted by atomic mass is 35.5. The van der Waals surface area contributed by atoms with E-state index in [2.05, 4.69) is 9.82 Å². The van der Waals surface area contributed by atoms with Crippen LogP contribution in [-0.2, 0) is 17.1 Å². The van der Waals surface area contributed by atoms with E-state index in [1.807, 2.05) is 0 Å². The summed E-state index contributed by atoms with van der Waals surface area (Å²) in [6.07, 6.45) is 1.24. The number of benzene rings is 1. The molecule has 2 aromatic rings. The van der Waals surface area contributed by atoms with Gasteiger partial charge in [0.25, 0.3) is 10.0 Å². The first-order valence-corrected chi connectivity index (χ1v) is 7.49. The van der Waals surface area contributed by atoms with Gasteiger partial charge in [0.05, 0.1) is 16.9 Å². The molecule has 0 bridgehead atoms. The lowest BCUT2D eigenvalue weighted by Crippen LogP contribution is -2.18. The number of anilines is 1. The zero-order valence-corrected chi connectivity index (χ0v) is 12.4. The lowest BCUT2D eigenvalue weighted by molar-refractivity contribution is 0.101. The SMILES string of the molecule is CC(=O)c1ccccc1NS(=O)(=O)c1c(Cl)cnn1C. The molecule has 0 radical (unpaired) electrons. The number of carbonyl (C=O) groups is 1. The second kappa shape index (κ2) is 5.26. The van der Waals surface area contributed by atoms with Gasteiger partial charge in [0, 0.05) is 12.6 Å². The largest absolute Gasteiger partial charge is 0.294 e. The van der Waals surface area contributed by atoms with Gasteiger partial charge in [-0.3, -0.25) is 14.2 Å². The zero-order chi connectivity index (χ0) is 14.9. The summed E-state index contributed by atoms with van der Waals surface area (Å²) in [5.41, 5.74) is 0.492. The summed E-state index contributed by atoms with van der Waals surface area (Å²) in [6.45, 7) is 1.37. The van der Waals surface area contributed by atoms with Crippen LogP contribution in [0.3, 0.4) is 0 Å². The fourth-order valence-corrected chi connectivity index (χ4v) is 3.51. The molecule has 1 aromatic carbocycles. The van der Waals surface area contributed by atoms with E-state index in [0.29, 0.717) is 0 Å². The summed E-state index contributed by atoms with van der Waals surface area (Å²) in [4.78, 5) is 11.5. The van der Waals surface area contributed by atoms with Crippen LogP contribution in [0, 0.1) is 0 Å². The van der Waals surface area contributed by atoms with Gasteiger partial charge in [-0.15, -0.1) is 0 Å². The van der Waals surface area contributed by atoms with E-state index in [-0.39, 0.29) is 27.1 Å². The molecule has 0 saturated heterocycles. The summed E-state index contributed by atoms with van der Waals surface area (Å²) in [6, 6.07) is 6.35. The van der Waals surface area contributed by atoms with Crippen LogP contribution in [0.25, 0.3) is 0 Å². The number of aryl methyl sites for hydroxylation is 1. The van der Waals surface area contributed by atoms with E-state index in [1.54, 1.807) is 18.2 Å². The number of halogens is 1. The Morgan fingerprint density at radius 1 is 1.35 bits per heavy atom. The minimum absolute atomic E-state index is 0.0142. The van der Waals surface area contributed by atoms with Crippen molar-refractivity contribution >= 4 is 33.1 Å². The van der Waals surface area contributed by atoms with Gasteiger partial charge < -0.3 is 0 Å². The van der Waals surface area contributed by atoms with Crippen molar-refractivity contribution < 1.29 is 13.2 Å². The number of rotatable bonds is 4. The molecule has 0 spiro atoms.